The van der Waals surface area contributed by atoms with E-state index in [0.29, 0.717) is 5.54 Å². The van der Waals surface area contributed by atoms with Gasteiger partial charge < -0.3 is 0 Å². The van der Waals surface area contributed by atoms with Gasteiger partial charge in [0.05, 0.1) is 0 Å². The largest absolute Gasteiger partial charge is 0.293 e. The summed E-state index contributed by atoms with van der Waals surface area (Å²) in [5.41, 5.74) is 0.520. The lowest BCUT2D eigenvalue weighted by Gasteiger charge is -2.33. The zero-order valence-corrected chi connectivity index (χ0v) is 9.62. The van der Waals surface area contributed by atoms with Crippen LogP contribution in [0.15, 0.2) is 0 Å². The van der Waals surface area contributed by atoms with Crippen molar-refractivity contribution in [3.8, 4) is 0 Å². The highest BCUT2D eigenvalue weighted by Crippen LogP contribution is 2.51. The summed E-state index contributed by atoms with van der Waals surface area (Å²) in [6.07, 6.45) is 5.68. The van der Waals surface area contributed by atoms with Crippen molar-refractivity contribution in [2.24, 2.45) is 0 Å². The van der Waals surface area contributed by atoms with E-state index >= 15 is 0 Å². The molecule has 0 aliphatic carbocycles. The lowest BCUT2D eigenvalue weighted by Crippen LogP contribution is -2.43. The Bertz CT molecular complexity index is 221. The molecule has 0 N–H and O–H groups in total. The van der Waals surface area contributed by atoms with Crippen LogP contribution < -0.4 is 0 Å². The van der Waals surface area contributed by atoms with E-state index in [2.05, 4.69) is 29.3 Å². The van der Waals surface area contributed by atoms with Crippen molar-refractivity contribution in [3.63, 3.8) is 0 Å². The maximum Gasteiger partial charge on any atom is 0.0312 e. The second kappa shape index (κ2) is 3.07. The first-order chi connectivity index (χ1) is 6.36. The standard InChI is InChI=1S/C10H17NS2/c12-7-10-3-1-4-11(10)8-2-5-13-9(8)6-10/h8-9,12H,1-7H2/t8-,9-,10?/m1/s1. The van der Waals surface area contributed by atoms with E-state index in [0.717, 1.165) is 17.0 Å². The number of hydrogen-bond donors (Lipinski definition) is 1. The van der Waals surface area contributed by atoms with Crippen LogP contribution in [-0.4, -0.2) is 39.8 Å². The van der Waals surface area contributed by atoms with Crippen molar-refractivity contribution in [2.45, 2.75) is 42.5 Å². The Morgan fingerprint density at radius 3 is 3.31 bits per heavy atom. The molecule has 1 unspecified atom stereocenters. The minimum Gasteiger partial charge on any atom is -0.293 e. The predicted octanol–water partition coefficient (Wildman–Crippen LogP) is 2.03. The third-order valence-corrected chi connectivity index (χ3v) is 6.07. The number of thiol groups is 1. The van der Waals surface area contributed by atoms with Crippen LogP contribution in [0.1, 0.15) is 25.7 Å². The van der Waals surface area contributed by atoms with E-state index in [1.807, 2.05) is 0 Å². The lowest BCUT2D eigenvalue weighted by atomic mass is 9.96. The number of nitrogens with zero attached hydrogens (tertiary/aromatic N) is 1. The molecule has 74 valence electrons. The summed E-state index contributed by atoms with van der Waals surface area (Å²) in [4.78, 5) is 2.80. The van der Waals surface area contributed by atoms with Gasteiger partial charge in [-0.25, -0.2) is 0 Å². The summed E-state index contributed by atoms with van der Waals surface area (Å²) >= 11 is 6.78. The molecule has 3 atom stereocenters. The van der Waals surface area contributed by atoms with E-state index < -0.39 is 0 Å². The first-order valence-corrected chi connectivity index (χ1v) is 7.03. The molecule has 0 aromatic carbocycles. The monoisotopic (exact) mass is 215 g/mol. The van der Waals surface area contributed by atoms with Gasteiger partial charge in [0.25, 0.3) is 0 Å². The third-order valence-electron chi connectivity index (χ3n) is 4.10. The Kier molecular flexibility index (Phi) is 2.11. The van der Waals surface area contributed by atoms with Gasteiger partial charge in [0.1, 0.15) is 0 Å². The van der Waals surface area contributed by atoms with Gasteiger partial charge in [-0.3, -0.25) is 4.90 Å². The number of thioether (sulfide) groups is 1. The molecule has 13 heavy (non-hydrogen) atoms. The minimum atomic E-state index is 0.520. The Labute approximate surface area is 90.0 Å². The zero-order valence-electron chi connectivity index (χ0n) is 7.91. The molecular formula is C10H17NS2. The summed E-state index contributed by atoms with van der Waals surface area (Å²) in [6, 6.07) is 0.916. The fourth-order valence-corrected chi connectivity index (χ4v) is 5.58. The Morgan fingerprint density at radius 2 is 2.46 bits per heavy atom. The first-order valence-electron chi connectivity index (χ1n) is 5.35. The molecule has 3 rings (SSSR count). The van der Waals surface area contributed by atoms with E-state index in [1.165, 1.54) is 38.0 Å². The van der Waals surface area contributed by atoms with Crippen LogP contribution in [0, 0.1) is 0 Å². The fourth-order valence-electron chi connectivity index (χ4n) is 3.49. The van der Waals surface area contributed by atoms with Gasteiger partial charge in [-0.1, -0.05) is 0 Å². The van der Waals surface area contributed by atoms with Crippen LogP contribution in [0.3, 0.4) is 0 Å². The van der Waals surface area contributed by atoms with Crippen LogP contribution in [0.5, 0.6) is 0 Å². The Hall–Kier alpha value is 0.660. The summed E-state index contributed by atoms with van der Waals surface area (Å²) in [6.45, 7) is 1.35. The lowest BCUT2D eigenvalue weighted by molar-refractivity contribution is 0.172. The molecule has 0 amide bonds. The number of rotatable bonds is 1. The van der Waals surface area contributed by atoms with Crippen LogP contribution in [-0.2, 0) is 0 Å². The fraction of sp³-hybridized carbons (Fsp3) is 1.00. The van der Waals surface area contributed by atoms with Gasteiger partial charge in [0, 0.05) is 22.6 Å². The third kappa shape index (κ3) is 1.13. The Balaban J connectivity index is 1.89. The molecule has 0 aromatic heterocycles. The first kappa shape index (κ1) is 8.93. The summed E-state index contributed by atoms with van der Waals surface area (Å²) in [5.74, 6) is 2.48. The van der Waals surface area contributed by atoms with Gasteiger partial charge in [-0.05, 0) is 38.0 Å². The summed E-state index contributed by atoms with van der Waals surface area (Å²) < 4.78 is 0. The van der Waals surface area contributed by atoms with E-state index in [1.54, 1.807) is 0 Å². The number of fused-ring (bicyclic) bond motifs is 3. The van der Waals surface area contributed by atoms with Gasteiger partial charge in [-0.2, -0.15) is 24.4 Å². The molecule has 0 aromatic rings. The smallest absolute Gasteiger partial charge is 0.0312 e. The van der Waals surface area contributed by atoms with Crippen molar-refractivity contribution < 1.29 is 0 Å². The highest BCUT2D eigenvalue weighted by molar-refractivity contribution is 8.00. The van der Waals surface area contributed by atoms with E-state index in [9.17, 15) is 0 Å². The topological polar surface area (TPSA) is 3.24 Å². The molecule has 3 aliphatic heterocycles. The second-order valence-corrected chi connectivity index (χ2v) is 6.31. The molecule has 3 fully saturated rings. The zero-order chi connectivity index (χ0) is 8.89. The normalized spacial score (nSPS) is 49.6. The van der Waals surface area contributed by atoms with Gasteiger partial charge in [0.15, 0.2) is 0 Å². The molecular weight excluding hydrogens is 198 g/mol. The summed E-state index contributed by atoms with van der Waals surface area (Å²) in [5, 5.41) is 0.951. The molecule has 0 spiro atoms. The molecule has 0 radical (unpaired) electrons. The van der Waals surface area contributed by atoms with Gasteiger partial charge in [-0.15, -0.1) is 0 Å². The SMILES string of the molecule is SCC12CCCN1[C@@H]1CCS[C@@H]1C2. The molecule has 3 heteroatoms. The van der Waals surface area contributed by atoms with Crippen LogP contribution in [0.2, 0.25) is 0 Å². The van der Waals surface area contributed by atoms with Crippen molar-refractivity contribution in [1.29, 1.82) is 0 Å². The quantitative estimate of drug-likeness (QED) is 0.667. The predicted molar refractivity (Wildman–Crippen MR) is 61.8 cm³/mol. The van der Waals surface area contributed by atoms with Crippen molar-refractivity contribution in [2.75, 3.05) is 18.1 Å². The highest BCUT2D eigenvalue weighted by Gasteiger charge is 2.54. The van der Waals surface area contributed by atoms with Crippen molar-refractivity contribution >= 4 is 24.4 Å². The van der Waals surface area contributed by atoms with Crippen LogP contribution >= 0.6 is 24.4 Å². The molecule has 0 saturated carbocycles. The van der Waals surface area contributed by atoms with E-state index in [4.69, 9.17) is 0 Å². The van der Waals surface area contributed by atoms with E-state index in [-0.39, 0.29) is 0 Å². The molecule has 3 saturated heterocycles. The average molecular weight is 215 g/mol. The molecule has 3 heterocycles. The molecule has 1 nitrogen and oxygen atoms in total. The maximum atomic E-state index is 4.57. The minimum absolute atomic E-state index is 0.520. The average Bonchev–Trinajstić information content (AvgIpc) is 2.72. The maximum absolute atomic E-state index is 4.57. The van der Waals surface area contributed by atoms with Crippen molar-refractivity contribution in [3.05, 3.63) is 0 Å². The Morgan fingerprint density at radius 1 is 1.54 bits per heavy atom. The van der Waals surface area contributed by atoms with Crippen LogP contribution in [0.25, 0.3) is 0 Å². The van der Waals surface area contributed by atoms with Crippen LogP contribution in [0.4, 0.5) is 0 Å². The van der Waals surface area contributed by atoms with Gasteiger partial charge >= 0.3 is 0 Å². The summed E-state index contributed by atoms with van der Waals surface area (Å²) in [7, 11) is 0. The second-order valence-electron chi connectivity index (χ2n) is 4.65. The highest BCUT2D eigenvalue weighted by atomic mass is 32.2. The van der Waals surface area contributed by atoms with Crippen molar-refractivity contribution in [1.82, 2.24) is 4.90 Å². The number of hydrogen-bond acceptors (Lipinski definition) is 3. The molecule has 3 aliphatic rings. The molecule has 0 bridgehead atoms. The van der Waals surface area contributed by atoms with Gasteiger partial charge in [0.2, 0.25) is 0 Å².